The van der Waals surface area contributed by atoms with Gasteiger partial charge in [0.2, 0.25) is 0 Å². The summed E-state index contributed by atoms with van der Waals surface area (Å²) in [5, 5.41) is 9.10. The number of ether oxygens (including phenoxy) is 1. The lowest BCUT2D eigenvalue weighted by Gasteiger charge is -2.02. The largest absolute Gasteiger partial charge is 0.507 e. The van der Waals surface area contributed by atoms with Gasteiger partial charge >= 0.3 is 0 Å². The van der Waals surface area contributed by atoms with Crippen molar-refractivity contribution in [2.75, 3.05) is 7.11 Å². The van der Waals surface area contributed by atoms with Crippen LogP contribution in [0.25, 0.3) is 0 Å². The number of nitrogens with two attached hydrogens (primary N) is 2. The minimum atomic E-state index is -0.605. The minimum absolute atomic E-state index is 0.0666. The van der Waals surface area contributed by atoms with Crippen molar-refractivity contribution in [2.24, 2.45) is 11.5 Å². The zero-order valence-electron chi connectivity index (χ0n) is 12.4. The van der Waals surface area contributed by atoms with E-state index in [9.17, 15) is 9.59 Å². The highest BCUT2D eigenvalue weighted by Crippen LogP contribution is 2.17. The quantitative estimate of drug-likeness (QED) is 0.798. The second kappa shape index (κ2) is 7.68. The first kappa shape index (κ1) is 17.0. The molecule has 0 bridgehead atoms. The predicted octanol–water partition coefficient (Wildman–Crippen LogP) is 1.59. The first-order chi connectivity index (χ1) is 10.4. The smallest absolute Gasteiger partial charge is 0.252 e. The van der Waals surface area contributed by atoms with Crippen molar-refractivity contribution >= 4 is 11.8 Å². The van der Waals surface area contributed by atoms with E-state index in [1.165, 1.54) is 13.2 Å². The summed E-state index contributed by atoms with van der Waals surface area (Å²) in [6.07, 6.45) is 0. The van der Waals surface area contributed by atoms with Crippen LogP contribution in [0.3, 0.4) is 0 Å². The van der Waals surface area contributed by atoms with E-state index in [-0.39, 0.29) is 11.3 Å². The van der Waals surface area contributed by atoms with Crippen LogP contribution in [0.1, 0.15) is 26.3 Å². The van der Waals surface area contributed by atoms with Crippen molar-refractivity contribution in [1.29, 1.82) is 0 Å². The first-order valence-electron chi connectivity index (χ1n) is 6.39. The average Bonchev–Trinajstić information content (AvgIpc) is 2.50. The van der Waals surface area contributed by atoms with E-state index in [2.05, 4.69) is 0 Å². The molecule has 0 fully saturated rings. The molecule has 6 heteroatoms. The molecule has 0 radical (unpaired) electrons. The number of amides is 2. The van der Waals surface area contributed by atoms with Gasteiger partial charge in [-0.1, -0.05) is 23.8 Å². The second-order valence-electron chi connectivity index (χ2n) is 4.45. The fraction of sp³-hybridized carbons (Fsp3) is 0.125. The summed E-state index contributed by atoms with van der Waals surface area (Å²) in [4.78, 5) is 21.4. The highest BCUT2D eigenvalue weighted by molar-refractivity contribution is 5.96. The van der Waals surface area contributed by atoms with Gasteiger partial charge in [0.15, 0.2) is 0 Å². The molecule has 6 nitrogen and oxygen atoms in total. The van der Waals surface area contributed by atoms with Gasteiger partial charge in [-0.3, -0.25) is 9.59 Å². The number of aryl methyl sites for hydroxylation is 1. The number of hydrogen-bond donors (Lipinski definition) is 3. The molecule has 0 unspecified atom stereocenters. The molecular weight excluding hydrogens is 284 g/mol. The number of primary amides is 2. The number of carbonyl (C=O) groups is 2. The number of carbonyl (C=O) groups excluding carboxylic acids is 2. The van der Waals surface area contributed by atoms with Crippen molar-refractivity contribution in [2.45, 2.75) is 6.92 Å². The van der Waals surface area contributed by atoms with E-state index in [1.807, 2.05) is 6.92 Å². The fourth-order valence-corrected chi connectivity index (χ4v) is 1.70. The molecule has 0 atom stereocenters. The third kappa shape index (κ3) is 4.52. The fourth-order valence-electron chi connectivity index (χ4n) is 1.70. The van der Waals surface area contributed by atoms with Crippen molar-refractivity contribution in [3.63, 3.8) is 0 Å². The second-order valence-corrected chi connectivity index (χ2v) is 4.45. The molecule has 0 aliphatic heterocycles. The maximum atomic E-state index is 10.7. The van der Waals surface area contributed by atoms with Gasteiger partial charge in [-0.15, -0.1) is 0 Å². The standard InChI is InChI=1S/2C8H9NO2/c1-5-2-3-7(10)6(4-5)8(9)11;1-11-7-5-3-2-4-6(7)8(9)10/h2-4,10H,1H3,(H2,9,11);2-5H,1H3,(H2,9,10). The summed E-state index contributed by atoms with van der Waals surface area (Å²) < 4.78 is 4.91. The molecule has 0 saturated heterocycles. The van der Waals surface area contributed by atoms with Gasteiger partial charge in [0.25, 0.3) is 11.8 Å². The molecule has 0 aliphatic rings. The highest BCUT2D eigenvalue weighted by atomic mass is 16.5. The molecule has 5 N–H and O–H groups in total. The Kier molecular flexibility index (Phi) is 5.95. The molecule has 2 aromatic rings. The molecular formula is C16H18N2O4. The van der Waals surface area contributed by atoms with E-state index in [0.29, 0.717) is 11.3 Å². The zero-order valence-corrected chi connectivity index (χ0v) is 12.4. The van der Waals surface area contributed by atoms with Crippen LogP contribution in [0.5, 0.6) is 11.5 Å². The summed E-state index contributed by atoms with van der Waals surface area (Å²) in [5.41, 5.74) is 11.5. The first-order valence-corrected chi connectivity index (χ1v) is 6.39. The van der Waals surface area contributed by atoms with Gasteiger partial charge in [-0.05, 0) is 31.2 Å². The number of methoxy groups -OCH3 is 1. The number of aromatic hydroxyl groups is 1. The molecule has 22 heavy (non-hydrogen) atoms. The molecule has 2 aromatic carbocycles. The van der Waals surface area contributed by atoms with Crippen LogP contribution in [-0.4, -0.2) is 24.0 Å². The number of rotatable bonds is 3. The lowest BCUT2D eigenvalue weighted by Crippen LogP contribution is -2.11. The van der Waals surface area contributed by atoms with E-state index < -0.39 is 11.8 Å². The SMILES string of the molecule is COc1ccccc1C(N)=O.Cc1ccc(O)c(C(N)=O)c1. The maximum Gasteiger partial charge on any atom is 0.252 e. The summed E-state index contributed by atoms with van der Waals surface area (Å²) >= 11 is 0. The van der Waals surface area contributed by atoms with Crippen LogP contribution >= 0.6 is 0 Å². The number of para-hydroxylation sites is 1. The van der Waals surface area contributed by atoms with Crippen LogP contribution < -0.4 is 16.2 Å². The third-order valence-electron chi connectivity index (χ3n) is 2.79. The van der Waals surface area contributed by atoms with E-state index >= 15 is 0 Å². The van der Waals surface area contributed by atoms with Gasteiger partial charge in [0.05, 0.1) is 18.2 Å². The molecule has 0 spiro atoms. The Morgan fingerprint density at radius 3 is 2.05 bits per heavy atom. The molecule has 0 aromatic heterocycles. The van der Waals surface area contributed by atoms with Crippen LogP contribution in [0.4, 0.5) is 0 Å². The van der Waals surface area contributed by atoms with Gasteiger partial charge in [-0.25, -0.2) is 0 Å². The number of benzene rings is 2. The van der Waals surface area contributed by atoms with Crippen molar-refractivity contribution in [1.82, 2.24) is 0 Å². The van der Waals surface area contributed by atoms with Crippen molar-refractivity contribution < 1.29 is 19.4 Å². The summed E-state index contributed by atoms with van der Waals surface area (Å²) in [7, 11) is 1.50. The van der Waals surface area contributed by atoms with Gasteiger partial charge in [0.1, 0.15) is 11.5 Å². The normalized spacial score (nSPS) is 9.36. The monoisotopic (exact) mass is 302 g/mol. The van der Waals surface area contributed by atoms with E-state index in [1.54, 1.807) is 36.4 Å². The van der Waals surface area contributed by atoms with Crippen molar-refractivity contribution in [3.05, 3.63) is 59.2 Å². The lowest BCUT2D eigenvalue weighted by atomic mass is 10.1. The third-order valence-corrected chi connectivity index (χ3v) is 2.79. The zero-order chi connectivity index (χ0) is 16.7. The Balaban J connectivity index is 0.000000220. The number of hydrogen-bond acceptors (Lipinski definition) is 4. The Bertz CT molecular complexity index is 684. The van der Waals surface area contributed by atoms with Gasteiger partial charge in [-0.2, -0.15) is 0 Å². The van der Waals surface area contributed by atoms with Crippen LogP contribution in [0.15, 0.2) is 42.5 Å². The van der Waals surface area contributed by atoms with E-state index in [4.69, 9.17) is 21.3 Å². The Labute approximate surface area is 128 Å². The van der Waals surface area contributed by atoms with E-state index in [0.717, 1.165) is 5.56 Å². The predicted molar refractivity (Wildman–Crippen MR) is 82.9 cm³/mol. The molecule has 0 heterocycles. The average molecular weight is 302 g/mol. The van der Waals surface area contributed by atoms with Gasteiger partial charge < -0.3 is 21.3 Å². The number of phenols is 1. The molecule has 2 amide bonds. The minimum Gasteiger partial charge on any atom is -0.507 e. The highest BCUT2D eigenvalue weighted by Gasteiger charge is 2.06. The molecule has 0 aliphatic carbocycles. The van der Waals surface area contributed by atoms with Crippen LogP contribution in [-0.2, 0) is 0 Å². The topological polar surface area (TPSA) is 116 Å². The lowest BCUT2D eigenvalue weighted by molar-refractivity contribution is 0.0988. The summed E-state index contributed by atoms with van der Waals surface area (Å²) in [6, 6.07) is 11.6. The Morgan fingerprint density at radius 2 is 1.59 bits per heavy atom. The molecule has 2 rings (SSSR count). The van der Waals surface area contributed by atoms with Crippen LogP contribution in [0, 0.1) is 6.92 Å². The Hall–Kier alpha value is -3.02. The molecule has 116 valence electrons. The summed E-state index contributed by atoms with van der Waals surface area (Å²) in [5.74, 6) is -0.628. The van der Waals surface area contributed by atoms with Crippen molar-refractivity contribution in [3.8, 4) is 11.5 Å². The Morgan fingerprint density at radius 1 is 1.00 bits per heavy atom. The summed E-state index contributed by atoms with van der Waals surface area (Å²) in [6.45, 7) is 1.83. The van der Waals surface area contributed by atoms with Gasteiger partial charge in [0, 0.05) is 0 Å². The maximum absolute atomic E-state index is 10.7. The van der Waals surface area contributed by atoms with Crippen LogP contribution in [0.2, 0.25) is 0 Å². The molecule has 0 saturated carbocycles.